The Morgan fingerprint density at radius 1 is 1.09 bits per heavy atom. The Balaban J connectivity index is 0.00000578. The first-order chi connectivity index (χ1) is 15.6. The molecule has 0 unspecified atom stereocenters. The van der Waals surface area contributed by atoms with Gasteiger partial charge in [-0.2, -0.15) is 0 Å². The van der Waals surface area contributed by atoms with Crippen LogP contribution in [0.3, 0.4) is 0 Å². The molecule has 180 valence electrons. The number of aliphatic hydroxyl groups excluding tert-OH is 4. The number of carbonyl (C=O) groups is 1. The summed E-state index contributed by atoms with van der Waals surface area (Å²) in [4.78, 5) is 10.7. The molecule has 0 heterocycles. The largest absolute Gasteiger partial charge is 1.00 e. The third-order valence-corrected chi connectivity index (χ3v) is 5.66. The average molecular weight is 483 g/mol. The normalized spacial score (nSPS) is 14.1. The second-order valence-electron chi connectivity index (χ2n) is 8.62. The fourth-order valence-corrected chi connectivity index (χ4v) is 3.94. The van der Waals surface area contributed by atoms with Gasteiger partial charge < -0.3 is 30.3 Å². The summed E-state index contributed by atoms with van der Waals surface area (Å²) >= 11 is 0. The van der Waals surface area contributed by atoms with Crippen LogP contribution in [0.4, 0.5) is 4.39 Å². The van der Waals surface area contributed by atoms with E-state index in [0.29, 0.717) is 22.3 Å². The first-order valence-corrected chi connectivity index (χ1v) is 11.0. The quantitative estimate of drug-likeness (QED) is 0.320. The minimum atomic E-state index is -1.40. The first-order valence-electron chi connectivity index (χ1n) is 11.0. The van der Waals surface area contributed by atoms with Gasteiger partial charge in [-0.25, -0.2) is 4.39 Å². The standard InChI is InChI=1S/C26H33FO6.Na/c1-15(2)22-12-23(16(3)13-28)24(14-29)26(17-4-6-18(27)7-5-17)21(22)9-8-19(30)10-20(31)11-25(32)33;/h4-9,12,15-16,19-20,28-31H,10-11,13-14H2,1-3H3,(H,32,33);/q;+1/p-1/b9-8+;/t16-,19-,20-;/m0./s1. The Bertz CT molecular complexity index is 974. The van der Waals surface area contributed by atoms with Gasteiger partial charge in [-0.3, -0.25) is 0 Å². The van der Waals surface area contributed by atoms with Gasteiger partial charge >= 0.3 is 29.6 Å². The van der Waals surface area contributed by atoms with Crippen LogP contribution in [0.1, 0.15) is 67.7 Å². The minimum Gasteiger partial charge on any atom is -0.550 e. The minimum absolute atomic E-state index is 0. The van der Waals surface area contributed by atoms with Crippen LogP contribution in [0.2, 0.25) is 0 Å². The molecule has 0 amide bonds. The van der Waals surface area contributed by atoms with E-state index in [1.54, 1.807) is 18.2 Å². The maximum absolute atomic E-state index is 13.6. The SMILES string of the molecule is CC(C)c1cc([C@@H](C)CO)c(CO)c(-c2ccc(F)cc2)c1/C=C/[C@H](O)C[C@H](O)CC(=O)[O-].[Na+]. The van der Waals surface area contributed by atoms with Crippen molar-refractivity contribution in [3.8, 4) is 11.1 Å². The predicted octanol–water partition coefficient (Wildman–Crippen LogP) is -0.527. The maximum Gasteiger partial charge on any atom is 1.00 e. The number of carboxylic acids is 1. The molecule has 0 aromatic heterocycles. The molecule has 2 aromatic carbocycles. The Morgan fingerprint density at radius 3 is 2.21 bits per heavy atom. The van der Waals surface area contributed by atoms with E-state index in [2.05, 4.69) is 0 Å². The number of rotatable bonds is 11. The van der Waals surface area contributed by atoms with Crippen LogP contribution in [-0.2, 0) is 11.4 Å². The van der Waals surface area contributed by atoms with Crippen molar-refractivity contribution in [1.82, 2.24) is 0 Å². The molecular weight excluding hydrogens is 450 g/mol. The number of aliphatic carboxylic acids is 1. The molecule has 0 spiro atoms. The van der Waals surface area contributed by atoms with Crippen LogP contribution >= 0.6 is 0 Å². The van der Waals surface area contributed by atoms with Crippen molar-refractivity contribution in [1.29, 1.82) is 0 Å². The van der Waals surface area contributed by atoms with Gasteiger partial charge in [0.15, 0.2) is 0 Å². The van der Waals surface area contributed by atoms with Crippen molar-refractivity contribution in [2.24, 2.45) is 0 Å². The molecule has 0 fully saturated rings. The Labute approximate surface area is 222 Å². The first kappa shape index (κ1) is 30.5. The van der Waals surface area contributed by atoms with Gasteiger partial charge in [0.2, 0.25) is 0 Å². The van der Waals surface area contributed by atoms with E-state index in [0.717, 1.165) is 11.1 Å². The van der Waals surface area contributed by atoms with Crippen LogP contribution in [0.15, 0.2) is 36.4 Å². The fourth-order valence-electron chi connectivity index (χ4n) is 3.94. The van der Waals surface area contributed by atoms with E-state index in [-0.39, 0.29) is 61.0 Å². The zero-order valence-electron chi connectivity index (χ0n) is 20.2. The smallest absolute Gasteiger partial charge is 0.550 e. The molecule has 0 radical (unpaired) electrons. The molecule has 2 rings (SSSR count). The van der Waals surface area contributed by atoms with E-state index >= 15 is 0 Å². The second kappa shape index (κ2) is 14.1. The van der Waals surface area contributed by atoms with Crippen LogP contribution < -0.4 is 34.7 Å². The number of halogens is 1. The molecule has 3 atom stereocenters. The number of benzene rings is 2. The summed E-state index contributed by atoms with van der Waals surface area (Å²) < 4.78 is 13.6. The molecule has 0 aliphatic rings. The van der Waals surface area contributed by atoms with Crippen molar-refractivity contribution < 1.29 is 64.3 Å². The van der Waals surface area contributed by atoms with Crippen LogP contribution in [0, 0.1) is 5.82 Å². The Hall–Kier alpha value is -1.58. The molecule has 4 N–H and O–H groups in total. The van der Waals surface area contributed by atoms with Crippen molar-refractivity contribution in [2.45, 2.75) is 64.3 Å². The number of aliphatic hydroxyl groups is 4. The Kier molecular flexibility index (Phi) is 12.6. The van der Waals surface area contributed by atoms with E-state index in [1.807, 2.05) is 26.8 Å². The van der Waals surface area contributed by atoms with E-state index in [9.17, 15) is 34.7 Å². The van der Waals surface area contributed by atoms with Crippen LogP contribution in [-0.4, -0.2) is 45.2 Å². The third-order valence-electron chi connectivity index (χ3n) is 5.66. The van der Waals surface area contributed by atoms with E-state index < -0.39 is 30.4 Å². The molecule has 8 heteroatoms. The fraction of sp³-hybridized carbons (Fsp3) is 0.423. The Morgan fingerprint density at radius 2 is 1.71 bits per heavy atom. The predicted molar refractivity (Wildman–Crippen MR) is 123 cm³/mol. The average Bonchev–Trinajstić information content (AvgIpc) is 2.75. The van der Waals surface area contributed by atoms with Gasteiger partial charge in [0.25, 0.3) is 0 Å². The summed E-state index contributed by atoms with van der Waals surface area (Å²) in [6.45, 7) is 5.42. The van der Waals surface area contributed by atoms with Gasteiger partial charge in [-0.15, -0.1) is 0 Å². The number of carbonyl (C=O) groups excluding carboxylic acids is 1. The molecule has 2 aromatic rings. The molecule has 0 saturated heterocycles. The van der Waals surface area contributed by atoms with Gasteiger partial charge in [0.05, 0.1) is 18.8 Å². The molecule has 0 saturated carbocycles. The maximum atomic E-state index is 13.6. The van der Waals surface area contributed by atoms with Crippen molar-refractivity contribution in [3.05, 3.63) is 64.5 Å². The second-order valence-corrected chi connectivity index (χ2v) is 8.62. The van der Waals surface area contributed by atoms with Gasteiger partial charge in [0.1, 0.15) is 5.82 Å². The summed E-state index contributed by atoms with van der Waals surface area (Å²) in [6, 6.07) is 7.80. The van der Waals surface area contributed by atoms with E-state index in [1.165, 1.54) is 18.2 Å². The molecule has 0 aliphatic heterocycles. The summed E-state index contributed by atoms with van der Waals surface area (Å²) in [6.07, 6.45) is 0.0104. The van der Waals surface area contributed by atoms with Crippen molar-refractivity contribution >= 4 is 12.0 Å². The number of hydrogen-bond acceptors (Lipinski definition) is 6. The van der Waals surface area contributed by atoms with Gasteiger partial charge in [-0.1, -0.05) is 51.1 Å². The number of hydrogen-bond donors (Lipinski definition) is 4. The summed E-state index contributed by atoms with van der Waals surface area (Å²) in [5.41, 5.74) is 4.32. The third kappa shape index (κ3) is 7.99. The molecule has 0 aliphatic carbocycles. The topological polar surface area (TPSA) is 121 Å². The molecule has 34 heavy (non-hydrogen) atoms. The van der Waals surface area contributed by atoms with Crippen LogP contribution in [0.25, 0.3) is 17.2 Å². The molecule has 6 nitrogen and oxygen atoms in total. The van der Waals surface area contributed by atoms with Gasteiger partial charge in [0, 0.05) is 31.3 Å². The zero-order chi connectivity index (χ0) is 24.7. The molecular formula is C26H32FNaO6. The van der Waals surface area contributed by atoms with Crippen molar-refractivity contribution in [3.63, 3.8) is 0 Å². The van der Waals surface area contributed by atoms with Gasteiger partial charge in [-0.05, 0) is 51.4 Å². The summed E-state index contributed by atoms with van der Waals surface area (Å²) in [5.74, 6) is -2.00. The monoisotopic (exact) mass is 482 g/mol. The zero-order valence-corrected chi connectivity index (χ0v) is 22.2. The summed E-state index contributed by atoms with van der Waals surface area (Å²) in [5, 5.41) is 50.8. The van der Waals surface area contributed by atoms with Crippen molar-refractivity contribution in [2.75, 3.05) is 6.61 Å². The summed E-state index contributed by atoms with van der Waals surface area (Å²) in [7, 11) is 0. The van der Waals surface area contributed by atoms with Crippen LogP contribution in [0.5, 0.6) is 0 Å². The molecule has 0 bridgehead atoms. The van der Waals surface area contributed by atoms with E-state index in [4.69, 9.17) is 0 Å². The number of carboxylic acid groups (broad SMARTS) is 1.